The summed E-state index contributed by atoms with van der Waals surface area (Å²) in [6, 6.07) is 1.15. The van der Waals surface area contributed by atoms with Crippen molar-refractivity contribution in [1.29, 1.82) is 0 Å². The van der Waals surface area contributed by atoms with E-state index in [9.17, 15) is 18.4 Å². The maximum Gasteiger partial charge on any atom is 0.338 e. The first-order valence-corrected chi connectivity index (χ1v) is 5.29. The highest BCUT2D eigenvalue weighted by Gasteiger charge is 2.16. The third-order valence-corrected chi connectivity index (χ3v) is 2.14. The highest BCUT2D eigenvalue weighted by Crippen LogP contribution is 2.19. The molecule has 102 valence electrons. The number of nitrogens with one attached hydrogen (secondary N) is 2. The lowest BCUT2D eigenvalue weighted by molar-refractivity contribution is -0.115. The molecule has 7 heteroatoms. The molecule has 3 N–H and O–H groups in total. The Balaban J connectivity index is 2.83. The van der Waals surface area contributed by atoms with Crippen LogP contribution in [0.25, 0.3) is 0 Å². The molecule has 19 heavy (non-hydrogen) atoms. The van der Waals surface area contributed by atoms with Crippen molar-refractivity contribution < 1.29 is 23.5 Å². The van der Waals surface area contributed by atoms with Gasteiger partial charge in [0.15, 0.2) is 0 Å². The molecule has 0 atom stereocenters. The first-order valence-electron chi connectivity index (χ1n) is 5.29. The van der Waals surface area contributed by atoms with Crippen LogP contribution in [0.1, 0.15) is 10.4 Å². The zero-order valence-electron chi connectivity index (χ0n) is 9.87. The predicted molar refractivity (Wildman–Crippen MR) is 65.0 cm³/mol. The number of carboxylic acid groups (broad SMARTS) is 1. The summed E-state index contributed by atoms with van der Waals surface area (Å²) in [7, 11) is 0. The van der Waals surface area contributed by atoms with Crippen molar-refractivity contribution in [1.82, 2.24) is 5.32 Å². The minimum atomic E-state index is -1.54. The van der Waals surface area contributed by atoms with Gasteiger partial charge in [-0.3, -0.25) is 4.79 Å². The minimum Gasteiger partial charge on any atom is -0.478 e. The lowest BCUT2D eigenvalue weighted by Gasteiger charge is -2.08. The Bertz CT molecular complexity index is 518. The molecule has 0 heterocycles. The van der Waals surface area contributed by atoms with E-state index in [-0.39, 0.29) is 12.2 Å². The third-order valence-electron chi connectivity index (χ3n) is 2.14. The van der Waals surface area contributed by atoms with Crippen LogP contribution in [0, 0.1) is 11.6 Å². The molecule has 1 amide bonds. The van der Waals surface area contributed by atoms with E-state index >= 15 is 0 Å². The van der Waals surface area contributed by atoms with Crippen molar-refractivity contribution >= 4 is 17.6 Å². The number of amides is 1. The summed E-state index contributed by atoms with van der Waals surface area (Å²) < 4.78 is 26.5. The predicted octanol–water partition coefficient (Wildman–Crippen LogP) is 1.38. The molecule has 0 saturated carbocycles. The Morgan fingerprint density at radius 2 is 2.00 bits per heavy atom. The molecule has 0 spiro atoms. The second-order valence-electron chi connectivity index (χ2n) is 3.58. The number of halogens is 2. The third kappa shape index (κ3) is 4.14. The van der Waals surface area contributed by atoms with Gasteiger partial charge < -0.3 is 15.7 Å². The Kier molecular flexibility index (Phi) is 5.13. The molecule has 1 rings (SSSR count). The summed E-state index contributed by atoms with van der Waals surface area (Å²) in [4.78, 5) is 22.1. The topological polar surface area (TPSA) is 78.4 Å². The van der Waals surface area contributed by atoms with Crippen molar-refractivity contribution in [2.75, 3.05) is 18.4 Å². The van der Waals surface area contributed by atoms with Crippen LogP contribution in [0.2, 0.25) is 0 Å². The molecular formula is C12H12F2N2O3. The van der Waals surface area contributed by atoms with Crippen LogP contribution >= 0.6 is 0 Å². The molecule has 0 aliphatic rings. The Morgan fingerprint density at radius 3 is 2.58 bits per heavy atom. The van der Waals surface area contributed by atoms with Crippen molar-refractivity contribution in [2.24, 2.45) is 0 Å². The van der Waals surface area contributed by atoms with Crippen LogP contribution in [0.3, 0.4) is 0 Å². The number of benzene rings is 1. The zero-order chi connectivity index (χ0) is 14.4. The molecule has 1 aromatic rings. The summed E-state index contributed by atoms with van der Waals surface area (Å²) in [5.41, 5.74) is -1.10. The number of aromatic carboxylic acids is 1. The normalized spacial score (nSPS) is 10.0. The number of anilines is 1. The molecule has 5 nitrogen and oxygen atoms in total. The van der Waals surface area contributed by atoms with Gasteiger partial charge in [-0.25, -0.2) is 13.6 Å². The minimum absolute atomic E-state index is 0.106. The van der Waals surface area contributed by atoms with Gasteiger partial charge in [0, 0.05) is 12.6 Å². The van der Waals surface area contributed by atoms with Gasteiger partial charge in [0.05, 0.1) is 17.8 Å². The van der Waals surface area contributed by atoms with E-state index in [4.69, 9.17) is 5.11 Å². The maximum absolute atomic E-state index is 13.4. The Morgan fingerprint density at radius 1 is 1.32 bits per heavy atom. The van der Waals surface area contributed by atoms with Gasteiger partial charge in [0.1, 0.15) is 11.6 Å². The first-order chi connectivity index (χ1) is 8.95. The van der Waals surface area contributed by atoms with Crippen LogP contribution in [0.15, 0.2) is 24.8 Å². The molecule has 0 bridgehead atoms. The van der Waals surface area contributed by atoms with Crippen molar-refractivity contribution in [3.8, 4) is 0 Å². The Hall–Kier alpha value is -2.28. The molecule has 0 radical (unpaired) electrons. The molecule has 1 aromatic carbocycles. The highest BCUT2D eigenvalue weighted by molar-refractivity contribution is 5.95. The fraction of sp³-hybridized carbons (Fsp3) is 0.167. The summed E-state index contributed by atoms with van der Waals surface area (Å²) in [5, 5.41) is 13.5. The number of carbonyl (C=O) groups is 2. The fourth-order valence-corrected chi connectivity index (χ4v) is 1.29. The van der Waals surface area contributed by atoms with Gasteiger partial charge in [-0.1, -0.05) is 6.08 Å². The van der Waals surface area contributed by atoms with Gasteiger partial charge in [0.2, 0.25) is 5.91 Å². The molecule has 0 aromatic heterocycles. The van der Waals surface area contributed by atoms with Crippen LogP contribution < -0.4 is 10.6 Å². The molecule has 0 aliphatic heterocycles. The second-order valence-corrected chi connectivity index (χ2v) is 3.58. The van der Waals surface area contributed by atoms with E-state index in [0.29, 0.717) is 12.6 Å². The lowest BCUT2D eigenvalue weighted by Crippen LogP contribution is -2.28. The molecule has 0 saturated heterocycles. The summed E-state index contributed by atoms with van der Waals surface area (Å²) in [5.74, 6) is -4.37. The van der Waals surface area contributed by atoms with E-state index in [1.807, 2.05) is 0 Å². The van der Waals surface area contributed by atoms with Gasteiger partial charge in [-0.05, 0) is 6.07 Å². The van der Waals surface area contributed by atoms with Crippen LogP contribution in [-0.2, 0) is 4.79 Å². The quantitative estimate of drug-likeness (QED) is 0.539. The molecule has 0 fully saturated rings. The summed E-state index contributed by atoms with van der Waals surface area (Å²) >= 11 is 0. The number of hydrogen-bond donors (Lipinski definition) is 3. The van der Waals surface area contributed by atoms with E-state index in [2.05, 4.69) is 17.2 Å². The SMILES string of the molecule is C=CCNCC(=O)Nc1cc(C(=O)O)c(F)cc1F. The van der Waals surface area contributed by atoms with Crippen LogP contribution in [-0.4, -0.2) is 30.1 Å². The van der Waals surface area contributed by atoms with Gasteiger partial charge in [-0.2, -0.15) is 0 Å². The highest BCUT2D eigenvalue weighted by atomic mass is 19.1. The molecular weight excluding hydrogens is 258 g/mol. The largest absolute Gasteiger partial charge is 0.478 e. The number of carboxylic acids is 1. The van der Waals surface area contributed by atoms with E-state index in [1.54, 1.807) is 0 Å². The number of rotatable bonds is 6. The van der Waals surface area contributed by atoms with E-state index < -0.39 is 29.1 Å². The lowest BCUT2D eigenvalue weighted by atomic mass is 10.2. The van der Waals surface area contributed by atoms with Crippen molar-refractivity contribution in [2.45, 2.75) is 0 Å². The van der Waals surface area contributed by atoms with Gasteiger partial charge >= 0.3 is 5.97 Å². The zero-order valence-corrected chi connectivity index (χ0v) is 9.87. The van der Waals surface area contributed by atoms with Crippen LogP contribution in [0.5, 0.6) is 0 Å². The second kappa shape index (κ2) is 6.60. The summed E-state index contributed by atoms with van der Waals surface area (Å²) in [6.07, 6.45) is 1.54. The average molecular weight is 270 g/mol. The monoisotopic (exact) mass is 270 g/mol. The number of carbonyl (C=O) groups excluding carboxylic acids is 1. The number of hydrogen-bond acceptors (Lipinski definition) is 3. The molecule has 0 unspecified atom stereocenters. The fourth-order valence-electron chi connectivity index (χ4n) is 1.29. The van der Waals surface area contributed by atoms with Crippen LogP contribution in [0.4, 0.5) is 14.5 Å². The van der Waals surface area contributed by atoms with E-state index in [1.165, 1.54) is 6.08 Å². The van der Waals surface area contributed by atoms with Gasteiger partial charge in [-0.15, -0.1) is 6.58 Å². The smallest absolute Gasteiger partial charge is 0.338 e. The first kappa shape index (κ1) is 14.8. The van der Waals surface area contributed by atoms with Crippen molar-refractivity contribution in [3.63, 3.8) is 0 Å². The summed E-state index contributed by atoms with van der Waals surface area (Å²) in [6.45, 7) is 3.72. The van der Waals surface area contributed by atoms with Crippen molar-refractivity contribution in [3.05, 3.63) is 42.0 Å². The average Bonchev–Trinajstić information content (AvgIpc) is 2.32. The van der Waals surface area contributed by atoms with E-state index in [0.717, 1.165) is 6.07 Å². The maximum atomic E-state index is 13.4. The standard InChI is InChI=1S/C12H12F2N2O3/c1-2-3-15-6-11(17)16-10-4-7(12(18)19)8(13)5-9(10)14/h2,4-5,15H,1,3,6H2,(H,16,17)(H,18,19). The van der Waals surface area contributed by atoms with Gasteiger partial charge in [0.25, 0.3) is 0 Å². The Labute approximate surface area is 107 Å². The molecule has 0 aliphatic carbocycles.